The molecule has 1 aromatic heterocycles. The zero-order valence-corrected chi connectivity index (χ0v) is 33.2. The van der Waals surface area contributed by atoms with Gasteiger partial charge in [-0.25, -0.2) is 4.79 Å². The molecule has 0 radical (unpaired) electrons. The van der Waals surface area contributed by atoms with Crippen LogP contribution in [0.25, 0.3) is 0 Å². The van der Waals surface area contributed by atoms with Gasteiger partial charge in [0.2, 0.25) is 17.7 Å². The molecular weight excluding hydrogens is 757 g/mol. The van der Waals surface area contributed by atoms with Gasteiger partial charge in [-0.1, -0.05) is 36.4 Å². The number of fused-ring (bicyclic) bond motifs is 2. The summed E-state index contributed by atoms with van der Waals surface area (Å²) < 4.78 is 1.89. The van der Waals surface area contributed by atoms with Crippen LogP contribution in [0, 0.1) is 0 Å². The van der Waals surface area contributed by atoms with Crippen molar-refractivity contribution >= 4 is 58.7 Å². The Morgan fingerprint density at radius 2 is 1.68 bits per heavy atom. The number of imide groups is 2. The molecule has 59 heavy (non-hydrogen) atoms. The van der Waals surface area contributed by atoms with Crippen LogP contribution in [0.1, 0.15) is 93.5 Å². The number of amides is 8. The number of primary amides is 1. The highest BCUT2D eigenvalue weighted by Gasteiger charge is 2.47. The lowest BCUT2D eigenvalue weighted by molar-refractivity contribution is -0.136. The molecule has 4 heterocycles. The van der Waals surface area contributed by atoms with Gasteiger partial charge in [0, 0.05) is 48.4 Å². The average Bonchev–Trinajstić information content (AvgIpc) is 3.79. The molecule has 2 atom stereocenters. The molecule has 3 aromatic carbocycles. The predicted octanol–water partition coefficient (Wildman–Crippen LogP) is 3.65. The Hall–Kier alpha value is -6.88. The predicted molar refractivity (Wildman–Crippen MR) is 217 cm³/mol. The van der Waals surface area contributed by atoms with Crippen LogP contribution in [0.5, 0.6) is 0 Å². The Kier molecular flexibility index (Phi) is 11.0. The number of rotatable bonds is 13. The third-order valence-corrected chi connectivity index (χ3v) is 10.9. The van der Waals surface area contributed by atoms with E-state index in [9.17, 15) is 33.6 Å². The first-order valence-electron chi connectivity index (χ1n) is 19.3. The van der Waals surface area contributed by atoms with Crippen LogP contribution in [-0.2, 0) is 26.5 Å². The Bertz CT molecular complexity index is 2360. The lowest BCUT2D eigenvalue weighted by atomic mass is 9.98. The van der Waals surface area contributed by atoms with Crippen LogP contribution in [0.2, 0.25) is 0 Å². The van der Waals surface area contributed by atoms with Crippen molar-refractivity contribution in [3.8, 4) is 0 Å². The first kappa shape index (κ1) is 40.3. The first-order valence-corrected chi connectivity index (χ1v) is 19.3. The number of piperidine rings is 1. The molecule has 0 bridgehead atoms. The van der Waals surface area contributed by atoms with E-state index in [-0.39, 0.29) is 48.9 Å². The van der Waals surface area contributed by atoms with E-state index < -0.39 is 47.1 Å². The van der Waals surface area contributed by atoms with Gasteiger partial charge in [-0.3, -0.25) is 43.7 Å². The summed E-state index contributed by atoms with van der Waals surface area (Å²) in [5, 5.41) is 16.1. The minimum absolute atomic E-state index is 0.0252. The zero-order chi connectivity index (χ0) is 42.2. The van der Waals surface area contributed by atoms with E-state index in [1.807, 2.05) is 63.0 Å². The summed E-state index contributed by atoms with van der Waals surface area (Å²) in [6.07, 6.45) is 0.596. The van der Waals surface area contributed by atoms with Crippen molar-refractivity contribution in [2.24, 2.45) is 5.73 Å². The Morgan fingerprint density at radius 1 is 0.949 bits per heavy atom. The third-order valence-electron chi connectivity index (χ3n) is 10.9. The van der Waals surface area contributed by atoms with Gasteiger partial charge in [0.25, 0.3) is 17.7 Å². The van der Waals surface area contributed by atoms with E-state index in [2.05, 4.69) is 26.2 Å². The number of nitrogens with one attached hydrogen (secondary N) is 4. The standard InChI is InChI=1S/C42H46N10O7/c1-42(2)35-28(22-50(42)41(43)59)36(48-52(35)31(23-49(3)4)24-10-6-5-7-11-24)47-37(55)25-15-17-26(18-16-25)45-32(53)14-9-21-44-29-13-8-12-27-34(29)40(58)51(39(27)57)30-19-20-33(54)46-38(30)56/h5-8,10-13,15-18,30-31,44H,9,14,19-23H2,1-4H3,(H2,43,59)(H,45,53)(H,46,54,56)(H,47,48,55)/t30?,31-/m1/s1. The summed E-state index contributed by atoms with van der Waals surface area (Å²) in [6.45, 7) is 4.90. The fourth-order valence-electron chi connectivity index (χ4n) is 8.02. The van der Waals surface area contributed by atoms with Crippen molar-refractivity contribution < 1.29 is 33.6 Å². The van der Waals surface area contributed by atoms with Crippen LogP contribution in [-0.4, -0.2) is 99.2 Å². The molecule has 0 saturated carbocycles. The average molecular weight is 803 g/mol. The molecule has 8 amide bonds. The molecule has 3 aliphatic rings. The van der Waals surface area contributed by atoms with Crippen molar-refractivity contribution in [1.82, 2.24) is 29.8 Å². The largest absolute Gasteiger partial charge is 0.384 e. The second-order valence-electron chi connectivity index (χ2n) is 15.6. The molecular formula is C42H46N10O7. The Balaban J connectivity index is 0.973. The van der Waals surface area contributed by atoms with E-state index >= 15 is 0 Å². The fourth-order valence-corrected chi connectivity index (χ4v) is 8.02. The quantitative estimate of drug-likeness (QED) is 0.0976. The first-order chi connectivity index (χ1) is 28.1. The number of aromatic nitrogens is 2. The maximum Gasteiger partial charge on any atom is 0.315 e. The summed E-state index contributed by atoms with van der Waals surface area (Å²) in [6, 6.07) is 19.3. The summed E-state index contributed by atoms with van der Waals surface area (Å²) in [4.78, 5) is 94.1. The smallest absolute Gasteiger partial charge is 0.315 e. The fraction of sp³-hybridized carbons (Fsp3) is 0.333. The van der Waals surface area contributed by atoms with Gasteiger partial charge >= 0.3 is 6.03 Å². The number of hydrogen-bond donors (Lipinski definition) is 5. The van der Waals surface area contributed by atoms with Crippen LogP contribution in [0.4, 0.5) is 22.0 Å². The number of carbonyl (C=O) groups is 7. The van der Waals surface area contributed by atoms with E-state index in [0.29, 0.717) is 47.8 Å². The minimum atomic E-state index is -1.07. The number of nitrogens with zero attached hydrogens (tertiary/aromatic N) is 5. The molecule has 0 aliphatic carbocycles. The van der Waals surface area contributed by atoms with E-state index in [1.165, 1.54) is 6.07 Å². The van der Waals surface area contributed by atoms with Gasteiger partial charge in [-0.05, 0) is 82.7 Å². The molecule has 17 heteroatoms. The maximum absolute atomic E-state index is 13.6. The molecule has 0 spiro atoms. The van der Waals surface area contributed by atoms with E-state index in [4.69, 9.17) is 10.8 Å². The molecule has 1 fully saturated rings. The van der Waals surface area contributed by atoms with Crippen LogP contribution < -0.4 is 27.0 Å². The number of hydrogen-bond acceptors (Lipinski definition) is 10. The van der Waals surface area contributed by atoms with Crippen molar-refractivity contribution in [2.75, 3.05) is 43.1 Å². The number of anilines is 3. The molecule has 4 aromatic rings. The summed E-state index contributed by atoms with van der Waals surface area (Å²) >= 11 is 0. The number of nitrogens with two attached hydrogens (primary N) is 1. The topological polar surface area (TPSA) is 221 Å². The Morgan fingerprint density at radius 3 is 2.36 bits per heavy atom. The van der Waals surface area contributed by atoms with Crippen LogP contribution in [0.15, 0.2) is 72.8 Å². The van der Waals surface area contributed by atoms with Crippen molar-refractivity contribution in [2.45, 2.75) is 63.7 Å². The van der Waals surface area contributed by atoms with E-state index in [1.54, 1.807) is 41.3 Å². The number of carbonyl (C=O) groups excluding carboxylic acids is 7. The van der Waals surface area contributed by atoms with Gasteiger partial charge in [-0.2, -0.15) is 5.10 Å². The highest BCUT2D eigenvalue weighted by atomic mass is 16.2. The van der Waals surface area contributed by atoms with Crippen LogP contribution in [0.3, 0.4) is 0 Å². The summed E-state index contributed by atoms with van der Waals surface area (Å²) in [7, 11) is 3.94. The summed E-state index contributed by atoms with van der Waals surface area (Å²) in [5.74, 6) is -2.71. The highest BCUT2D eigenvalue weighted by Crippen LogP contribution is 2.44. The molecule has 3 aliphatic heterocycles. The SMILES string of the molecule is CN(C)C[C@H](c1ccccc1)n1nc(NC(=O)c2ccc(NC(=O)CCCNc3cccc4c3C(=O)N(C3CCC(=O)NC3=O)C4=O)cc2)c2c1C(C)(C)N(C(N)=O)C2. The highest BCUT2D eigenvalue weighted by molar-refractivity contribution is 6.25. The molecule has 6 N–H and O–H groups in total. The van der Waals surface area contributed by atoms with Gasteiger partial charge in [0.05, 0.1) is 34.9 Å². The zero-order valence-electron chi connectivity index (χ0n) is 33.2. The second kappa shape index (κ2) is 16.2. The lowest BCUT2D eigenvalue weighted by Crippen LogP contribution is -2.54. The van der Waals surface area contributed by atoms with Crippen molar-refractivity contribution in [3.05, 3.63) is 106 Å². The number of benzene rings is 3. The van der Waals surface area contributed by atoms with Crippen molar-refractivity contribution in [1.29, 1.82) is 0 Å². The molecule has 7 rings (SSSR count). The van der Waals surface area contributed by atoms with Gasteiger partial charge < -0.3 is 31.5 Å². The maximum atomic E-state index is 13.6. The summed E-state index contributed by atoms with van der Waals surface area (Å²) in [5.41, 5.74) is 9.03. The van der Waals surface area contributed by atoms with Crippen molar-refractivity contribution in [3.63, 3.8) is 0 Å². The normalized spacial score (nSPS) is 17.4. The lowest BCUT2D eigenvalue weighted by Gasteiger charge is -2.33. The number of likely N-dealkylation sites (N-methyl/N-ethyl adjacent to an activating group) is 1. The minimum Gasteiger partial charge on any atom is -0.384 e. The van der Waals surface area contributed by atoms with Gasteiger partial charge in [-0.15, -0.1) is 0 Å². The molecule has 1 saturated heterocycles. The monoisotopic (exact) mass is 802 g/mol. The van der Waals surface area contributed by atoms with E-state index in [0.717, 1.165) is 16.2 Å². The molecule has 306 valence electrons. The molecule has 17 nitrogen and oxygen atoms in total. The van der Waals surface area contributed by atoms with Crippen LogP contribution >= 0.6 is 0 Å². The second-order valence-corrected chi connectivity index (χ2v) is 15.6. The van der Waals surface area contributed by atoms with Gasteiger partial charge in [0.15, 0.2) is 5.82 Å². The third kappa shape index (κ3) is 7.88. The van der Waals surface area contributed by atoms with Gasteiger partial charge in [0.1, 0.15) is 6.04 Å². The Labute approximate surface area is 340 Å². The molecule has 1 unspecified atom stereocenters. The number of urea groups is 1.